The average molecular weight is 244 g/mol. The van der Waals surface area contributed by atoms with Gasteiger partial charge in [-0.1, -0.05) is 22.0 Å². The zero-order chi connectivity index (χ0) is 10.0. The Balaban J connectivity index is 3.26. The fourth-order valence-electron chi connectivity index (χ4n) is 1.55. The van der Waals surface area contributed by atoms with Crippen LogP contribution in [0.25, 0.3) is 0 Å². The molecule has 0 atom stereocenters. The predicted molar refractivity (Wildman–Crippen MR) is 57.0 cm³/mol. The summed E-state index contributed by atoms with van der Waals surface area (Å²) in [5.74, 6) is 0. The lowest BCUT2D eigenvalue weighted by Crippen LogP contribution is -2.09. The summed E-state index contributed by atoms with van der Waals surface area (Å²) >= 11 is 3.52. The summed E-state index contributed by atoms with van der Waals surface area (Å²) in [4.78, 5) is 0. The van der Waals surface area contributed by atoms with Gasteiger partial charge >= 0.3 is 0 Å². The van der Waals surface area contributed by atoms with Crippen molar-refractivity contribution in [2.45, 2.75) is 27.3 Å². The van der Waals surface area contributed by atoms with Gasteiger partial charge in [-0.25, -0.2) is 5.48 Å². The number of halogens is 1. The van der Waals surface area contributed by atoms with E-state index in [1.54, 1.807) is 0 Å². The van der Waals surface area contributed by atoms with E-state index in [1.165, 1.54) is 16.7 Å². The van der Waals surface area contributed by atoms with E-state index < -0.39 is 0 Å². The third kappa shape index (κ3) is 2.10. The summed E-state index contributed by atoms with van der Waals surface area (Å²) in [5, 5.41) is 8.66. The van der Waals surface area contributed by atoms with Crippen LogP contribution in [0.2, 0.25) is 0 Å². The first-order valence-electron chi connectivity index (χ1n) is 4.20. The molecule has 0 heterocycles. The van der Waals surface area contributed by atoms with Gasteiger partial charge in [-0.15, -0.1) is 0 Å². The molecule has 2 nitrogen and oxygen atoms in total. The molecule has 0 bridgehead atoms. The highest BCUT2D eigenvalue weighted by molar-refractivity contribution is 9.10. The van der Waals surface area contributed by atoms with Crippen LogP contribution < -0.4 is 5.48 Å². The third-order valence-electron chi connectivity index (χ3n) is 2.29. The number of nitrogens with one attached hydrogen (secondary N) is 1. The molecule has 0 aliphatic carbocycles. The zero-order valence-corrected chi connectivity index (χ0v) is 9.70. The Morgan fingerprint density at radius 1 is 1.31 bits per heavy atom. The molecule has 3 heteroatoms. The second-order valence-electron chi connectivity index (χ2n) is 3.26. The molecule has 72 valence electrons. The Kier molecular flexibility index (Phi) is 3.47. The Morgan fingerprint density at radius 2 is 1.92 bits per heavy atom. The van der Waals surface area contributed by atoms with Crippen LogP contribution in [0.15, 0.2) is 10.5 Å². The number of hydrogen-bond acceptors (Lipinski definition) is 2. The van der Waals surface area contributed by atoms with Crippen molar-refractivity contribution in [3.05, 3.63) is 32.8 Å². The van der Waals surface area contributed by atoms with E-state index >= 15 is 0 Å². The normalized spacial score (nSPS) is 10.5. The molecule has 2 N–H and O–H groups in total. The molecule has 0 aliphatic rings. The average Bonchev–Trinajstić information content (AvgIpc) is 2.09. The summed E-state index contributed by atoms with van der Waals surface area (Å²) in [6, 6.07) is 2.11. The van der Waals surface area contributed by atoms with Crippen LogP contribution in [-0.2, 0) is 6.54 Å². The molecule has 0 saturated carbocycles. The van der Waals surface area contributed by atoms with E-state index in [9.17, 15) is 0 Å². The standard InChI is InChI=1S/C10H14BrNO/c1-6-4-7(2)10(11)8(3)9(6)5-12-13/h4,12-13H,5H2,1-3H3. The first-order valence-corrected chi connectivity index (χ1v) is 4.99. The third-order valence-corrected chi connectivity index (χ3v) is 3.51. The van der Waals surface area contributed by atoms with E-state index in [-0.39, 0.29) is 0 Å². The predicted octanol–water partition coefficient (Wildman–Crippen LogP) is 2.85. The lowest BCUT2D eigenvalue weighted by Gasteiger charge is -2.12. The monoisotopic (exact) mass is 243 g/mol. The minimum Gasteiger partial charge on any atom is -0.316 e. The highest BCUT2D eigenvalue weighted by Gasteiger charge is 2.07. The van der Waals surface area contributed by atoms with Gasteiger partial charge in [-0.3, -0.25) is 0 Å². The van der Waals surface area contributed by atoms with Crippen LogP contribution in [0.4, 0.5) is 0 Å². The van der Waals surface area contributed by atoms with Crippen molar-refractivity contribution in [3.8, 4) is 0 Å². The van der Waals surface area contributed by atoms with Gasteiger partial charge in [0.1, 0.15) is 0 Å². The van der Waals surface area contributed by atoms with Gasteiger partial charge in [0, 0.05) is 11.0 Å². The Labute approximate surface area is 87.1 Å². The van der Waals surface area contributed by atoms with Gasteiger partial charge in [0.2, 0.25) is 0 Å². The first-order chi connectivity index (χ1) is 6.07. The maximum absolute atomic E-state index is 8.66. The molecule has 1 aromatic carbocycles. The number of benzene rings is 1. The van der Waals surface area contributed by atoms with Gasteiger partial charge < -0.3 is 5.21 Å². The molecule has 0 radical (unpaired) electrons. The molecular formula is C10H14BrNO. The highest BCUT2D eigenvalue weighted by atomic mass is 79.9. The Bertz CT molecular complexity index is 323. The van der Waals surface area contributed by atoms with Crippen LogP contribution in [0.3, 0.4) is 0 Å². The number of rotatable bonds is 2. The molecule has 0 fully saturated rings. The van der Waals surface area contributed by atoms with Crippen molar-refractivity contribution in [2.24, 2.45) is 0 Å². The van der Waals surface area contributed by atoms with Crippen LogP contribution in [0.5, 0.6) is 0 Å². The van der Waals surface area contributed by atoms with Crippen molar-refractivity contribution < 1.29 is 5.21 Å². The van der Waals surface area contributed by atoms with E-state index in [1.807, 2.05) is 0 Å². The van der Waals surface area contributed by atoms with Gasteiger partial charge in [-0.05, 0) is 43.0 Å². The fourth-order valence-corrected chi connectivity index (χ4v) is 1.90. The Morgan fingerprint density at radius 3 is 2.46 bits per heavy atom. The molecule has 1 rings (SSSR count). The van der Waals surface area contributed by atoms with E-state index in [2.05, 4.69) is 48.2 Å². The van der Waals surface area contributed by atoms with Crippen LogP contribution in [0, 0.1) is 20.8 Å². The summed E-state index contributed by atoms with van der Waals surface area (Å²) in [6.45, 7) is 6.67. The second-order valence-corrected chi connectivity index (χ2v) is 4.06. The lowest BCUT2D eigenvalue weighted by atomic mass is 10.00. The number of hydroxylamine groups is 1. The highest BCUT2D eigenvalue weighted by Crippen LogP contribution is 2.26. The molecular weight excluding hydrogens is 230 g/mol. The minimum atomic E-state index is 0.497. The van der Waals surface area contributed by atoms with Crippen molar-refractivity contribution in [2.75, 3.05) is 0 Å². The van der Waals surface area contributed by atoms with Gasteiger partial charge in [0.05, 0.1) is 0 Å². The number of aryl methyl sites for hydroxylation is 2. The maximum atomic E-state index is 8.66. The largest absolute Gasteiger partial charge is 0.316 e. The number of hydrogen-bond donors (Lipinski definition) is 2. The van der Waals surface area contributed by atoms with Crippen molar-refractivity contribution in [1.82, 2.24) is 5.48 Å². The van der Waals surface area contributed by atoms with Crippen LogP contribution in [-0.4, -0.2) is 5.21 Å². The van der Waals surface area contributed by atoms with Gasteiger partial charge in [0.15, 0.2) is 0 Å². The molecule has 13 heavy (non-hydrogen) atoms. The smallest absolute Gasteiger partial charge is 0.0463 e. The zero-order valence-electron chi connectivity index (χ0n) is 8.11. The summed E-state index contributed by atoms with van der Waals surface area (Å²) in [6.07, 6.45) is 0. The molecule has 0 amide bonds. The minimum absolute atomic E-state index is 0.497. The van der Waals surface area contributed by atoms with Gasteiger partial charge in [0.25, 0.3) is 0 Å². The second kappa shape index (κ2) is 4.22. The molecule has 1 aromatic rings. The SMILES string of the molecule is Cc1cc(C)c(CNO)c(C)c1Br. The van der Waals surface area contributed by atoms with E-state index in [0.717, 1.165) is 10.0 Å². The lowest BCUT2D eigenvalue weighted by molar-refractivity contribution is 0.161. The topological polar surface area (TPSA) is 32.3 Å². The fraction of sp³-hybridized carbons (Fsp3) is 0.400. The van der Waals surface area contributed by atoms with E-state index in [4.69, 9.17) is 5.21 Å². The molecule has 0 unspecified atom stereocenters. The van der Waals surface area contributed by atoms with Crippen LogP contribution in [0.1, 0.15) is 22.3 Å². The molecule has 0 saturated heterocycles. The van der Waals surface area contributed by atoms with Crippen molar-refractivity contribution >= 4 is 15.9 Å². The van der Waals surface area contributed by atoms with Crippen LogP contribution >= 0.6 is 15.9 Å². The summed E-state index contributed by atoms with van der Waals surface area (Å²) in [5.41, 5.74) is 6.98. The first kappa shape index (κ1) is 10.7. The van der Waals surface area contributed by atoms with Crippen molar-refractivity contribution in [3.63, 3.8) is 0 Å². The Hall–Kier alpha value is -0.380. The quantitative estimate of drug-likeness (QED) is 0.784. The summed E-state index contributed by atoms with van der Waals surface area (Å²) in [7, 11) is 0. The molecule has 0 aliphatic heterocycles. The van der Waals surface area contributed by atoms with Gasteiger partial charge in [-0.2, -0.15) is 0 Å². The maximum Gasteiger partial charge on any atom is 0.0463 e. The molecule has 0 spiro atoms. The van der Waals surface area contributed by atoms with E-state index in [0.29, 0.717) is 6.54 Å². The summed E-state index contributed by atoms with van der Waals surface area (Å²) < 4.78 is 1.13. The molecule has 0 aromatic heterocycles. The van der Waals surface area contributed by atoms with Crippen molar-refractivity contribution in [1.29, 1.82) is 0 Å².